The molecule has 2 fully saturated rings. The van der Waals surface area contributed by atoms with E-state index in [4.69, 9.17) is 19.4 Å². The number of aryl methyl sites for hydroxylation is 2. The lowest BCUT2D eigenvalue weighted by Crippen LogP contribution is -2.54. The molecule has 164 valence electrons. The quantitative estimate of drug-likeness (QED) is 0.657. The summed E-state index contributed by atoms with van der Waals surface area (Å²) in [4.78, 5) is 27.8. The highest BCUT2D eigenvalue weighted by Gasteiger charge is 2.35. The number of anilines is 2. The van der Waals surface area contributed by atoms with E-state index < -0.39 is 0 Å². The Morgan fingerprint density at radius 2 is 1.94 bits per heavy atom. The van der Waals surface area contributed by atoms with Gasteiger partial charge in [0, 0.05) is 38.5 Å². The highest BCUT2D eigenvalue weighted by atomic mass is 32.2. The highest BCUT2D eigenvalue weighted by molar-refractivity contribution is 7.99. The Labute approximate surface area is 187 Å². The molecule has 7 nitrogen and oxygen atoms in total. The average Bonchev–Trinajstić information content (AvgIpc) is 3.24. The van der Waals surface area contributed by atoms with Crippen LogP contribution < -0.4 is 9.80 Å². The molecule has 2 saturated heterocycles. The Morgan fingerprint density at radius 1 is 1.19 bits per heavy atom. The lowest BCUT2D eigenvalue weighted by atomic mass is 10.1. The molecule has 4 heterocycles. The van der Waals surface area contributed by atoms with Crippen LogP contribution in [0.15, 0.2) is 29.2 Å². The first-order valence-electron chi connectivity index (χ1n) is 11.0. The summed E-state index contributed by atoms with van der Waals surface area (Å²) in [6.45, 7) is 4.88. The third kappa shape index (κ3) is 4.23. The normalized spacial score (nSPS) is 19.1. The van der Waals surface area contributed by atoms with Gasteiger partial charge in [0.1, 0.15) is 11.9 Å². The van der Waals surface area contributed by atoms with E-state index in [1.807, 2.05) is 43.0 Å². The molecule has 1 aromatic heterocycles. The molecule has 3 aliphatic heterocycles. The van der Waals surface area contributed by atoms with Gasteiger partial charge in [-0.3, -0.25) is 0 Å². The van der Waals surface area contributed by atoms with Gasteiger partial charge in [0.2, 0.25) is 5.95 Å². The molecule has 0 saturated carbocycles. The minimum Gasteiger partial charge on any atom is -0.455 e. The maximum Gasteiger partial charge on any atom is 0.338 e. The van der Waals surface area contributed by atoms with Gasteiger partial charge in [-0.25, -0.2) is 9.78 Å². The van der Waals surface area contributed by atoms with Crippen molar-refractivity contribution in [2.24, 2.45) is 0 Å². The fraction of sp³-hybridized carbons (Fsp3) is 0.522. The largest absolute Gasteiger partial charge is 0.455 e. The Balaban J connectivity index is 1.27. The van der Waals surface area contributed by atoms with Crippen molar-refractivity contribution in [2.75, 3.05) is 48.9 Å². The van der Waals surface area contributed by atoms with Crippen LogP contribution in [0.3, 0.4) is 0 Å². The van der Waals surface area contributed by atoms with Crippen molar-refractivity contribution in [1.29, 1.82) is 0 Å². The second-order valence-corrected chi connectivity index (χ2v) is 9.58. The van der Waals surface area contributed by atoms with E-state index in [1.165, 1.54) is 4.90 Å². The summed E-state index contributed by atoms with van der Waals surface area (Å²) in [5, 5.41) is 0. The molecule has 0 N–H and O–H groups in total. The van der Waals surface area contributed by atoms with Gasteiger partial charge >= 0.3 is 5.97 Å². The van der Waals surface area contributed by atoms with Crippen molar-refractivity contribution in [3.63, 3.8) is 0 Å². The molecule has 31 heavy (non-hydrogen) atoms. The monoisotopic (exact) mass is 440 g/mol. The third-order valence-corrected chi connectivity index (χ3v) is 7.37. The van der Waals surface area contributed by atoms with E-state index in [-0.39, 0.29) is 12.1 Å². The SMILES string of the molecule is Cc1ccc(C(=O)OC2CN(c3nc4c(c(N(C)C5CCOCC5)n3)SCC4)C2)cc1. The molecule has 3 aliphatic rings. The summed E-state index contributed by atoms with van der Waals surface area (Å²) in [5.74, 6) is 2.57. The number of esters is 1. The molecule has 0 radical (unpaired) electrons. The predicted molar refractivity (Wildman–Crippen MR) is 121 cm³/mol. The Kier molecular flexibility index (Phi) is 5.75. The number of hydrogen-bond donors (Lipinski definition) is 0. The van der Waals surface area contributed by atoms with Crippen LogP contribution in [0.4, 0.5) is 11.8 Å². The highest BCUT2D eigenvalue weighted by Crippen LogP contribution is 2.39. The van der Waals surface area contributed by atoms with Crippen molar-refractivity contribution in [2.45, 2.75) is 43.2 Å². The zero-order valence-electron chi connectivity index (χ0n) is 18.0. The molecule has 0 unspecified atom stereocenters. The van der Waals surface area contributed by atoms with Crippen LogP contribution in [0.2, 0.25) is 0 Å². The lowest BCUT2D eigenvalue weighted by Gasteiger charge is -2.39. The molecule has 0 atom stereocenters. The van der Waals surface area contributed by atoms with Gasteiger partial charge in [-0.05, 0) is 31.9 Å². The average molecular weight is 441 g/mol. The zero-order valence-corrected chi connectivity index (χ0v) is 18.9. The van der Waals surface area contributed by atoms with Crippen LogP contribution in [-0.4, -0.2) is 67.2 Å². The second-order valence-electron chi connectivity index (χ2n) is 8.47. The molecular formula is C23H28N4O3S. The molecule has 0 bridgehead atoms. The van der Waals surface area contributed by atoms with Gasteiger partial charge in [-0.15, -0.1) is 11.8 Å². The van der Waals surface area contributed by atoms with E-state index in [0.29, 0.717) is 24.7 Å². The smallest absolute Gasteiger partial charge is 0.338 e. The van der Waals surface area contributed by atoms with E-state index >= 15 is 0 Å². The molecule has 0 spiro atoms. The number of carbonyl (C=O) groups excluding carboxylic acids is 1. The van der Waals surface area contributed by atoms with E-state index in [1.54, 1.807) is 0 Å². The van der Waals surface area contributed by atoms with Gasteiger partial charge in [0.05, 0.1) is 29.2 Å². The standard InChI is InChI=1S/C23H28N4O3S/c1-15-3-5-16(6-4-15)22(28)30-18-13-27(14-18)23-24-19-9-12-31-20(19)21(25-23)26(2)17-7-10-29-11-8-17/h3-6,17-18H,7-14H2,1-2H3. The van der Waals surface area contributed by atoms with Gasteiger partial charge in [-0.1, -0.05) is 17.7 Å². The minimum atomic E-state index is -0.268. The number of fused-ring (bicyclic) bond motifs is 1. The van der Waals surface area contributed by atoms with Crippen LogP contribution in [0.1, 0.15) is 34.5 Å². The number of benzene rings is 1. The number of hydrogen-bond acceptors (Lipinski definition) is 8. The molecule has 0 aliphatic carbocycles. The summed E-state index contributed by atoms with van der Waals surface area (Å²) in [7, 11) is 2.14. The molecule has 5 rings (SSSR count). The maximum absolute atomic E-state index is 12.4. The fourth-order valence-corrected chi connectivity index (χ4v) is 5.38. The van der Waals surface area contributed by atoms with Crippen LogP contribution in [0, 0.1) is 6.92 Å². The molecule has 0 amide bonds. The molecular weight excluding hydrogens is 412 g/mol. The van der Waals surface area contributed by atoms with Gasteiger partial charge in [-0.2, -0.15) is 4.98 Å². The van der Waals surface area contributed by atoms with Crippen LogP contribution in [0.5, 0.6) is 0 Å². The number of nitrogens with zero attached hydrogens (tertiary/aromatic N) is 4. The summed E-state index contributed by atoms with van der Waals surface area (Å²) in [6, 6.07) is 7.93. The number of aromatic nitrogens is 2. The first kappa shape index (κ1) is 20.6. The number of thioether (sulfide) groups is 1. The second kappa shape index (κ2) is 8.67. The first-order chi connectivity index (χ1) is 15.1. The number of rotatable bonds is 5. The van der Waals surface area contributed by atoms with E-state index in [2.05, 4.69) is 16.8 Å². The zero-order chi connectivity index (χ0) is 21.4. The summed E-state index contributed by atoms with van der Waals surface area (Å²) in [6.07, 6.45) is 2.90. The maximum atomic E-state index is 12.4. The fourth-order valence-electron chi connectivity index (χ4n) is 4.25. The van der Waals surface area contributed by atoms with Crippen molar-refractivity contribution in [3.8, 4) is 0 Å². The van der Waals surface area contributed by atoms with E-state index in [0.717, 1.165) is 61.3 Å². The van der Waals surface area contributed by atoms with Crippen LogP contribution in [-0.2, 0) is 15.9 Å². The predicted octanol–water partition coefficient (Wildman–Crippen LogP) is 3.09. The van der Waals surface area contributed by atoms with Crippen LogP contribution >= 0.6 is 11.8 Å². The molecule has 1 aromatic carbocycles. The summed E-state index contributed by atoms with van der Waals surface area (Å²) < 4.78 is 11.2. The lowest BCUT2D eigenvalue weighted by molar-refractivity contribution is 0.0231. The van der Waals surface area contributed by atoms with Crippen molar-refractivity contribution >= 4 is 29.5 Å². The number of ether oxygens (including phenoxy) is 2. The third-order valence-electron chi connectivity index (χ3n) is 6.26. The van der Waals surface area contributed by atoms with E-state index in [9.17, 15) is 4.79 Å². The summed E-state index contributed by atoms with van der Waals surface area (Å²) in [5.41, 5.74) is 2.86. The molecule has 8 heteroatoms. The Hall–Kier alpha value is -2.32. The first-order valence-corrected chi connectivity index (χ1v) is 11.9. The van der Waals surface area contributed by atoms with Crippen molar-refractivity contribution in [1.82, 2.24) is 9.97 Å². The van der Waals surface area contributed by atoms with Gasteiger partial charge < -0.3 is 19.3 Å². The Morgan fingerprint density at radius 3 is 2.68 bits per heavy atom. The Bertz CT molecular complexity index is 956. The summed E-state index contributed by atoms with van der Waals surface area (Å²) >= 11 is 1.85. The minimum absolute atomic E-state index is 0.128. The van der Waals surface area contributed by atoms with Gasteiger partial charge in [0.25, 0.3) is 0 Å². The van der Waals surface area contributed by atoms with Crippen molar-refractivity contribution in [3.05, 3.63) is 41.1 Å². The van der Waals surface area contributed by atoms with Crippen molar-refractivity contribution < 1.29 is 14.3 Å². The number of carbonyl (C=O) groups is 1. The van der Waals surface area contributed by atoms with Gasteiger partial charge in [0.15, 0.2) is 0 Å². The topological polar surface area (TPSA) is 67.8 Å². The molecule has 2 aromatic rings. The van der Waals surface area contributed by atoms with Crippen LogP contribution in [0.25, 0.3) is 0 Å².